The minimum atomic E-state index is -1.09. The van der Waals surface area contributed by atoms with Crippen LogP contribution in [0, 0.1) is 6.92 Å². The summed E-state index contributed by atoms with van der Waals surface area (Å²) in [6, 6.07) is 6.25. The molecule has 1 aromatic heterocycles. The minimum Gasteiger partial charge on any atom is -0.508 e. The van der Waals surface area contributed by atoms with Gasteiger partial charge in [0.2, 0.25) is 5.91 Å². The number of carboxylic acid groups (broad SMARTS) is 1. The van der Waals surface area contributed by atoms with Crippen LogP contribution >= 0.6 is 0 Å². The summed E-state index contributed by atoms with van der Waals surface area (Å²) in [5, 5.41) is 20.8. The normalized spacial score (nSPS) is 10.2. The van der Waals surface area contributed by atoms with Crippen molar-refractivity contribution in [2.45, 2.75) is 13.3 Å². The van der Waals surface area contributed by atoms with E-state index in [4.69, 9.17) is 10.2 Å². The van der Waals surface area contributed by atoms with E-state index in [2.05, 4.69) is 10.3 Å². The Bertz CT molecular complexity index is 644. The van der Waals surface area contributed by atoms with Crippen LogP contribution in [0.25, 0.3) is 0 Å². The molecule has 1 heterocycles. The third-order valence-corrected chi connectivity index (χ3v) is 2.87. The highest BCUT2D eigenvalue weighted by molar-refractivity contribution is 6.01. The number of carbonyl (C=O) groups excluding carboxylic acids is 1. The summed E-state index contributed by atoms with van der Waals surface area (Å²) in [7, 11) is 0. The van der Waals surface area contributed by atoms with Crippen LogP contribution in [-0.4, -0.2) is 27.1 Å². The maximum absolute atomic E-state index is 11.9. The van der Waals surface area contributed by atoms with Crippen molar-refractivity contribution in [1.29, 1.82) is 0 Å². The van der Waals surface area contributed by atoms with Crippen molar-refractivity contribution in [2.75, 3.05) is 5.32 Å². The maximum Gasteiger partial charge on any atom is 0.339 e. The number of phenolic OH excluding ortho intramolecular Hbond substituents is 1. The second-order valence-corrected chi connectivity index (χ2v) is 4.40. The molecule has 0 saturated carbocycles. The summed E-state index contributed by atoms with van der Waals surface area (Å²) in [6.45, 7) is 1.62. The number of aromatic nitrogens is 1. The molecule has 0 unspecified atom stereocenters. The van der Waals surface area contributed by atoms with E-state index in [9.17, 15) is 9.59 Å². The second kappa shape index (κ2) is 5.48. The number of phenols is 1. The molecule has 0 radical (unpaired) electrons. The topological polar surface area (TPSA) is 102 Å². The number of aromatic carboxylic acids is 1. The van der Waals surface area contributed by atoms with Crippen molar-refractivity contribution in [3.63, 3.8) is 0 Å². The summed E-state index contributed by atoms with van der Waals surface area (Å²) in [4.78, 5) is 25.7. The fourth-order valence-electron chi connectivity index (χ4n) is 1.89. The molecular weight excluding hydrogens is 260 g/mol. The predicted molar refractivity (Wildman–Crippen MR) is 72.9 cm³/mol. The number of aromatic hydroxyl groups is 1. The van der Waals surface area contributed by atoms with Crippen molar-refractivity contribution in [3.05, 3.63) is 47.3 Å². The van der Waals surface area contributed by atoms with Gasteiger partial charge in [-0.25, -0.2) is 4.79 Å². The van der Waals surface area contributed by atoms with Gasteiger partial charge in [-0.05, 0) is 24.6 Å². The van der Waals surface area contributed by atoms with Crippen LogP contribution in [-0.2, 0) is 11.2 Å². The Hall–Kier alpha value is -2.76. The molecule has 2 aromatic rings. The standard InChI is InChI=1S/C14H14N2O4/c1-8-13(14(19)20)11(7-15-8)16-12(18)6-9-2-4-10(17)5-3-9/h2-5,7,15,17H,6H2,1H3,(H,16,18)(H,19,20). The zero-order valence-corrected chi connectivity index (χ0v) is 10.8. The molecule has 6 nitrogen and oxygen atoms in total. The van der Waals surface area contributed by atoms with Crippen LogP contribution in [0.5, 0.6) is 5.75 Å². The zero-order chi connectivity index (χ0) is 14.7. The van der Waals surface area contributed by atoms with Gasteiger partial charge >= 0.3 is 5.97 Å². The Labute approximate surface area is 115 Å². The second-order valence-electron chi connectivity index (χ2n) is 4.40. The Kier molecular flexibility index (Phi) is 3.74. The number of H-pyrrole nitrogens is 1. The van der Waals surface area contributed by atoms with E-state index in [0.717, 1.165) is 5.56 Å². The zero-order valence-electron chi connectivity index (χ0n) is 10.8. The molecule has 2 rings (SSSR count). The molecule has 0 bridgehead atoms. The molecular formula is C14H14N2O4. The van der Waals surface area contributed by atoms with E-state index in [-0.39, 0.29) is 29.3 Å². The largest absolute Gasteiger partial charge is 0.508 e. The quantitative estimate of drug-likeness (QED) is 0.683. The number of rotatable bonds is 4. The number of aromatic amines is 1. The average molecular weight is 274 g/mol. The molecule has 6 heteroatoms. The third kappa shape index (κ3) is 2.97. The van der Waals surface area contributed by atoms with Gasteiger partial charge in [-0.1, -0.05) is 12.1 Å². The molecule has 0 atom stereocenters. The lowest BCUT2D eigenvalue weighted by Crippen LogP contribution is -2.16. The first kappa shape index (κ1) is 13.7. The molecule has 0 fully saturated rings. The molecule has 0 aliphatic heterocycles. The Balaban J connectivity index is 2.09. The molecule has 0 spiro atoms. The highest BCUT2D eigenvalue weighted by Crippen LogP contribution is 2.19. The van der Waals surface area contributed by atoms with E-state index in [1.807, 2.05) is 0 Å². The van der Waals surface area contributed by atoms with Crippen LogP contribution in [0.15, 0.2) is 30.5 Å². The fourth-order valence-corrected chi connectivity index (χ4v) is 1.89. The summed E-state index contributed by atoms with van der Waals surface area (Å²) in [5.41, 5.74) is 1.52. The molecule has 1 amide bonds. The van der Waals surface area contributed by atoms with Gasteiger partial charge < -0.3 is 20.5 Å². The van der Waals surface area contributed by atoms with Crippen LogP contribution in [0.4, 0.5) is 5.69 Å². The smallest absolute Gasteiger partial charge is 0.339 e. The first-order chi connectivity index (χ1) is 9.47. The number of hydrogen-bond donors (Lipinski definition) is 4. The van der Waals surface area contributed by atoms with Crippen molar-refractivity contribution in [2.24, 2.45) is 0 Å². The van der Waals surface area contributed by atoms with Crippen molar-refractivity contribution >= 4 is 17.6 Å². The molecule has 0 saturated heterocycles. The van der Waals surface area contributed by atoms with Crippen LogP contribution < -0.4 is 5.32 Å². The van der Waals surface area contributed by atoms with E-state index in [1.165, 1.54) is 18.3 Å². The minimum absolute atomic E-state index is 0.0593. The number of carbonyl (C=O) groups is 2. The molecule has 0 aliphatic rings. The third-order valence-electron chi connectivity index (χ3n) is 2.87. The summed E-state index contributed by atoms with van der Waals surface area (Å²) < 4.78 is 0. The van der Waals surface area contributed by atoms with Gasteiger partial charge in [0.25, 0.3) is 0 Å². The lowest BCUT2D eigenvalue weighted by atomic mass is 10.1. The lowest BCUT2D eigenvalue weighted by Gasteiger charge is -2.05. The lowest BCUT2D eigenvalue weighted by molar-refractivity contribution is -0.115. The monoisotopic (exact) mass is 274 g/mol. The fraction of sp³-hybridized carbons (Fsp3) is 0.143. The highest BCUT2D eigenvalue weighted by atomic mass is 16.4. The summed E-state index contributed by atoms with van der Waals surface area (Å²) >= 11 is 0. The number of nitrogens with one attached hydrogen (secondary N) is 2. The van der Waals surface area contributed by atoms with E-state index in [1.54, 1.807) is 19.1 Å². The summed E-state index contributed by atoms with van der Waals surface area (Å²) in [5.74, 6) is -1.29. The van der Waals surface area contributed by atoms with Gasteiger partial charge in [0.05, 0.1) is 12.1 Å². The van der Waals surface area contributed by atoms with Crippen LogP contribution in [0.3, 0.4) is 0 Å². The molecule has 20 heavy (non-hydrogen) atoms. The number of aryl methyl sites for hydroxylation is 1. The van der Waals surface area contributed by atoms with E-state index < -0.39 is 5.97 Å². The average Bonchev–Trinajstić information content (AvgIpc) is 2.73. The van der Waals surface area contributed by atoms with Crippen molar-refractivity contribution in [1.82, 2.24) is 4.98 Å². The number of hydrogen-bond acceptors (Lipinski definition) is 3. The number of carboxylic acids is 1. The van der Waals surface area contributed by atoms with E-state index >= 15 is 0 Å². The van der Waals surface area contributed by atoms with E-state index in [0.29, 0.717) is 5.69 Å². The van der Waals surface area contributed by atoms with Gasteiger partial charge in [0, 0.05) is 11.9 Å². The Morgan fingerprint density at radius 1 is 1.25 bits per heavy atom. The molecule has 104 valence electrons. The Morgan fingerprint density at radius 3 is 2.50 bits per heavy atom. The molecule has 0 aliphatic carbocycles. The molecule has 4 N–H and O–H groups in total. The van der Waals surface area contributed by atoms with Crippen LogP contribution in [0.2, 0.25) is 0 Å². The van der Waals surface area contributed by atoms with Crippen molar-refractivity contribution in [3.8, 4) is 5.75 Å². The maximum atomic E-state index is 11.9. The van der Waals surface area contributed by atoms with Gasteiger partial charge in [-0.2, -0.15) is 0 Å². The number of amides is 1. The first-order valence-corrected chi connectivity index (χ1v) is 5.96. The van der Waals surface area contributed by atoms with Crippen molar-refractivity contribution < 1.29 is 19.8 Å². The highest BCUT2D eigenvalue weighted by Gasteiger charge is 2.17. The summed E-state index contributed by atoms with van der Waals surface area (Å²) in [6.07, 6.45) is 1.55. The SMILES string of the molecule is Cc1[nH]cc(NC(=O)Cc2ccc(O)cc2)c1C(=O)O. The number of benzene rings is 1. The van der Waals surface area contributed by atoms with Gasteiger partial charge in [0.15, 0.2) is 0 Å². The Morgan fingerprint density at radius 2 is 1.90 bits per heavy atom. The number of anilines is 1. The first-order valence-electron chi connectivity index (χ1n) is 5.96. The van der Waals surface area contributed by atoms with Gasteiger partial charge in [-0.15, -0.1) is 0 Å². The predicted octanol–water partition coefficient (Wildman–Crippen LogP) is 1.91. The molecule has 1 aromatic carbocycles. The van der Waals surface area contributed by atoms with Gasteiger partial charge in [-0.3, -0.25) is 4.79 Å². The van der Waals surface area contributed by atoms with Crippen LogP contribution in [0.1, 0.15) is 21.6 Å². The van der Waals surface area contributed by atoms with Gasteiger partial charge in [0.1, 0.15) is 11.3 Å².